The molecule has 0 atom stereocenters. The van der Waals surface area contributed by atoms with E-state index in [4.69, 9.17) is 4.42 Å². The number of rotatable bonds is 8. The maximum Gasteiger partial charge on any atom is 0.230 e. The van der Waals surface area contributed by atoms with E-state index in [0.717, 1.165) is 5.56 Å². The van der Waals surface area contributed by atoms with Crippen LogP contribution in [0, 0.1) is 5.82 Å². The van der Waals surface area contributed by atoms with Gasteiger partial charge in [-0.2, -0.15) is 0 Å². The Morgan fingerprint density at radius 3 is 2.80 bits per heavy atom. The summed E-state index contributed by atoms with van der Waals surface area (Å²) in [5.74, 6) is 0.607. The van der Waals surface area contributed by atoms with Crippen molar-refractivity contribution >= 4 is 34.1 Å². The van der Waals surface area contributed by atoms with Gasteiger partial charge in [0, 0.05) is 6.54 Å². The second-order valence-electron chi connectivity index (χ2n) is 5.00. The van der Waals surface area contributed by atoms with Crippen molar-refractivity contribution < 1.29 is 13.6 Å². The smallest absolute Gasteiger partial charge is 0.230 e. The van der Waals surface area contributed by atoms with E-state index in [2.05, 4.69) is 20.8 Å². The number of hydrogen-bond donors (Lipinski definition) is 2. The number of hydrogen-bond acceptors (Lipinski definition) is 7. The maximum atomic E-state index is 12.9. The molecule has 0 saturated heterocycles. The largest absolute Gasteiger partial charge is 0.467 e. The normalized spacial score (nSPS) is 10.6. The van der Waals surface area contributed by atoms with Crippen LogP contribution in [0.1, 0.15) is 11.3 Å². The topological polar surface area (TPSA) is 80.0 Å². The van der Waals surface area contributed by atoms with Crippen LogP contribution in [0.15, 0.2) is 51.4 Å². The van der Waals surface area contributed by atoms with Crippen LogP contribution < -0.4 is 10.6 Å². The number of halogens is 1. The fourth-order valence-corrected chi connectivity index (χ4v) is 3.47. The SMILES string of the molecule is O=C(CSc1nnc(NCc2ccc(F)cc2)s1)NCc1ccco1. The molecule has 0 unspecified atom stereocenters. The van der Waals surface area contributed by atoms with Crippen LogP contribution in [0.4, 0.5) is 9.52 Å². The zero-order chi connectivity index (χ0) is 17.5. The molecule has 9 heteroatoms. The zero-order valence-corrected chi connectivity index (χ0v) is 14.7. The number of nitrogens with one attached hydrogen (secondary N) is 2. The first kappa shape index (κ1) is 17.4. The molecule has 0 spiro atoms. The number of carbonyl (C=O) groups excluding carboxylic acids is 1. The molecule has 0 aliphatic rings. The van der Waals surface area contributed by atoms with Crippen molar-refractivity contribution in [1.29, 1.82) is 0 Å². The molecule has 2 aromatic heterocycles. The van der Waals surface area contributed by atoms with E-state index < -0.39 is 0 Å². The number of benzene rings is 1. The van der Waals surface area contributed by atoms with Crippen LogP contribution in [0.3, 0.4) is 0 Å². The maximum absolute atomic E-state index is 12.9. The molecule has 25 heavy (non-hydrogen) atoms. The van der Waals surface area contributed by atoms with Gasteiger partial charge in [0.2, 0.25) is 11.0 Å². The highest BCUT2D eigenvalue weighted by Gasteiger charge is 2.08. The Morgan fingerprint density at radius 1 is 1.20 bits per heavy atom. The van der Waals surface area contributed by atoms with Gasteiger partial charge in [0.15, 0.2) is 4.34 Å². The highest BCUT2D eigenvalue weighted by molar-refractivity contribution is 8.01. The van der Waals surface area contributed by atoms with E-state index >= 15 is 0 Å². The highest BCUT2D eigenvalue weighted by atomic mass is 32.2. The number of anilines is 1. The van der Waals surface area contributed by atoms with Gasteiger partial charge < -0.3 is 15.1 Å². The highest BCUT2D eigenvalue weighted by Crippen LogP contribution is 2.25. The first-order valence-corrected chi connectivity index (χ1v) is 9.23. The van der Waals surface area contributed by atoms with Crippen LogP contribution in [0.25, 0.3) is 0 Å². The Kier molecular flexibility index (Phi) is 6.02. The Bertz CT molecular complexity index is 806. The van der Waals surface area contributed by atoms with Gasteiger partial charge in [0.25, 0.3) is 0 Å². The number of thioether (sulfide) groups is 1. The van der Waals surface area contributed by atoms with E-state index in [0.29, 0.717) is 28.3 Å². The Balaban J connectivity index is 1.40. The molecule has 130 valence electrons. The minimum Gasteiger partial charge on any atom is -0.467 e. The summed E-state index contributed by atoms with van der Waals surface area (Å²) in [5, 5.41) is 14.6. The van der Waals surface area contributed by atoms with Crippen molar-refractivity contribution in [2.45, 2.75) is 17.4 Å². The molecule has 3 aromatic rings. The quantitative estimate of drug-likeness (QED) is 0.586. The van der Waals surface area contributed by atoms with E-state index in [1.54, 1.807) is 30.5 Å². The van der Waals surface area contributed by atoms with Gasteiger partial charge >= 0.3 is 0 Å². The summed E-state index contributed by atoms with van der Waals surface area (Å²) >= 11 is 2.69. The number of aromatic nitrogens is 2. The summed E-state index contributed by atoms with van der Waals surface area (Å²) in [6.07, 6.45) is 1.57. The van der Waals surface area contributed by atoms with Gasteiger partial charge in [-0.25, -0.2) is 4.39 Å². The fraction of sp³-hybridized carbons (Fsp3) is 0.188. The van der Waals surface area contributed by atoms with Gasteiger partial charge in [0.05, 0.1) is 18.6 Å². The van der Waals surface area contributed by atoms with Crippen molar-refractivity contribution in [3.05, 3.63) is 59.8 Å². The average molecular weight is 378 g/mol. The molecular formula is C16H15FN4O2S2. The van der Waals surface area contributed by atoms with Gasteiger partial charge in [-0.05, 0) is 29.8 Å². The summed E-state index contributed by atoms with van der Waals surface area (Å²) in [7, 11) is 0. The van der Waals surface area contributed by atoms with Gasteiger partial charge in [-0.3, -0.25) is 4.79 Å². The minimum atomic E-state index is -0.260. The summed E-state index contributed by atoms with van der Waals surface area (Å²) < 4.78 is 18.7. The Morgan fingerprint density at radius 2 is 2.04 bits per heavy atom. The van der Waals surface area contributed by atoms with Crippen molar-refractivity contribution in [2.24, 2.45) is 0 Å². The van der Waals surface area contributed by atoms with Gasteiger partial charge in [-0.15, -0.1) is 10.2 Å². The second kappa shape index (κ2) is 8.63. The van der Waals surface area contributed by atoms with Crippen LogP contribution in [-0.4, -0.2) is 21.9 Å². The summed E-state index contributed by atoms with van der Waals surface area (Å²) in [5.41, 5.74) is 0.947. The van der Waals surface area contributed by atoms with Crippen molar-refractivity contribution in [3.8, 4) is 0 Å². The minimum absolute atomic E-state index is 0.0996. The van der Waals surface area contributed by atoms with Crippen LogP contribution in [0.5, 0.6) is 0 Å². The molecule has 1 amide bonds. The predicted octanol–water partition coefficient (Wildman–Crippen LogP) is 3.29. The predicted molar refractivity (Wildman–Crippen MR) is 94.9 cm³/mol. The van der Waals surface area contributed by atoms with E-state index in [-0.39, 0.29) is 17.5 Å². The molecule has 0 saturated carbocycles. The lowest BCUT2D eigenvalue weighted by Gasteiger charge is -2.02. The summed E-state index contributed by atoms with van der Waals surface area (Å²) in [6.45, 7) is 0.899. The lowest BCUT2D eigenvalue weighted by molar-refractivity contribution is -0.118. The number of furan rings is 1. The molecule has 1 aromatic carbocycles. The molecule has 0 bridgehead atoms. The molecule has 0 fully saturated rings. The van der Waals surface area contributed by atoms with Crippen molar-refractivity contribution in [3.63, 3.8) is 0 Å². The molecular weight excluding hydrogens is 363 g/mol. The van der Waals surface area contributed by atoms with Crippen LogP contribution in [-0.2, 0) is 17.9 Å². The lowest BCUT2D eigenvalue weighted by Crippen LogP contribution is -2.24. The van der Waals surface area contributed by atoms with E-state index in [9.17, 15) is 9.18 Å². The summed E-state index contributed by atoms with van der Waals surface area (Å²) in [4.78, 5) is 11.8. The molecule has 6 nitrogen and oxygen atoms in total. The third-order valence-corrected chi connectivity index (χ3v) is 5.14. The van der Waals surface area contributed by atoms with Gasteiger partial charge in [-0.1, -0.05) is 35.2 Å². The molecule has 0 radical (unpaired) electrons. The molecule has 0 aliphatic carbocycles. The number of amides is 1. The third-order valence-electron chi connectivity index (χ3n) is 3.13. The lowest BCUT2D eigenvalue weighted by atomic mass is 10.2. The first-order valence-electron chi connectivity index (χ1n) is 7.43. The summed E-state index contributed by atoms with van der Waals surface area (Å²) in [6, 6.07) is 9.83. The molecule has 2 heterocycles. The first-order chi connectivity index (χ1) is 12.2. The zero-order valence-electron chi connectivity index (χ0n) is 13.1. The number of nitrogens with zero attached hydrogens (tertiary/aromatic N) is 2. The Labute approximate surface area is 151 Å². The third kappa shape index (κ3) is 5.57. The Hall–Kier alpha value is -2.39. The average Bonchev–Trinajstić information content (AvgIpc) is 3.29. The van der Waals surface area contributed by atoms with Crippen LogP contribution in [0.2, 0.25) is 0 Å². The van der Waals surface area contributed by atoms with E-state index in [1.807, 2.05) is 0 Å². The monoisotopic (exact) mass is 378 g/mol. The molecule has 0 aliphatic heterocycles. The van der Waals surface area contributed by atoms with Gasteiger partial charge in [0.1, 0.15) is 11.6 Å². The van der Waals surface area contributed by atoms with E-state index in [1.165, 1.54) is 35.2 Å². The number of carbonyl (C=O) groups is 1. The standard InChI is InChI=1S/C16H15FN4O2S2/c17-12-5-3-11(4-6-12)8-19-15-20-21-16(25-15)24-10-14(22)18-9-13-2-1-7-23-13/h1-7H,8-10H2,(H,18,22)(H,19,20). The molecule has 3 rings (SSSR count). The van der Waals surface area contributed by atoms with Crippen molar-refractivity contribution in [1.82, 2.24) is 15.5 Å². The molecule has 2 N–H and O–H groups in total. The fourth-order valence-electron chi connectivity index (χ4n) is 1.90. The van der Waals surface area contributed by atoms with Crippen molar-refractivity contribution in [2.75, 3.05) is 11.1 Å². The van der Waals surface area contributed by atoms with Crippen LogP contribution >= 0.6 is 23.1 Å². The second-order valence-corrected chi connectivity index (χ2v) is 7.20.